The normalized spacial score (nSPS) is 17.1. The van der Waals surface area contributed by atoms with E-state index in [1.54, 1.807) is 0 Å². The first-order chi connectivity index (χ1) is 9.26. The van der Waals surface area contributed by atoms with Gasteiger partial charge in [-0.15, -0.1) is 0 Å². The number of anilines is 1. The molecule has 1 aromatic heterocycles. The summed E-state index contributed by atoms with van der Waals surface area (Å²) in [5.74, 6) is 1.95. The Hall–Kier alpha value is -1.97. The van der Waals surface area contributed by atoms with Crippen LogP contribution in [0.15, 0.2) is 30.5 Å². The molecule has 4 heteroatoms. The number of hydrogen-bond acceptors (Lipinski definition) is 3. The third-order valence-electron chi connectivity index (χ3n) is 3.44. The molecule has 0 aliphatic carbocycles. The summed E-state index contributed by atoms with van der Waals surface area (Å²) in [6.07, 6.45) is 3.22. The van der Waals surface area contributed by atoms with Crippen molar-refractivity contribution in [2.75, 3.05) is 11.9 Å². The van der Waals surface area contributed by atoms with Gasteiger partial charge in [0.15, 0.2) is 0 Å². The van der Waals surface area contributed by atoms with Crippen molar-refractivity contribution in [2.45, 2.75) is 32.9 Å². The predicted molar refractivity (Wildman–Crippen MR) is 75.7 cm³/mol. The molecule has 1 unspecified atom stereocenters. The highest BCUT2D eigenvalue weighted by Gasteiger charge is 2.22. The maximum absolute atomic E-state index is 5.91. The van der Waals surface area contributed by atoms with Crippen molar-refractivity contribution >= 4 is 5.95 Å². The smallest absolute Gasteiger partial charge is 0.203 e. The minimum Gasteiger partial charge on any atom is -0.488 e. The lowest BCUT2D eigenvalue weighted by Gasteiger charge is -2.13. The molecular formula is C15H19N3O. The highest BCUT2D eigenvalue weighted by Crippen LogP contribution is 2.28. The Morgan fingerprint density at radius 2 is 2.26 bits per heavy atom. The monoisotopic (exact) mass is 257 g/mol. The maximum atomic E-state index is 5.91. The van der Waals surface area contributed by atoms with E-state index in [0.29, 0.717) is 0 Å². The lowest BCUT2D eigenvalue weighted by atomic mass is 10.1. The Balaban J connectivity index is 1.62. The highest BCUT2D eigenvalue weighted by molar-refractivity contribution is 5.38. The number of benzene rings is 1. The average Bonchev–Trinajstić information content (AvgIpc) is 2.98. The standard InChI is InChI=1S/C15H19N3O/c1-3-18-10-11(2)17-15(18)16-9-13-8-12-6-4-5-7-14(12)19-13/h4-7,10,13H,3,8-9H2,1-2H3,(H,16,17). The number of fused-ring (bicyclic) bond motifs is 1. The Kier molecular flexibility index (Phi) is 3.15. The van der Waals surface area contributed by atoms with Gasteiger partial charge in [0.05, 0.1) is 12.2 Å². The Morgan fingerprint density at radius 1 is 1.42 bits per heavy atom. The summed E-state index contributed by atoms with van der Waals surface area (Å²) in [4.78, 5) is 4.49. The number of ether oxygens (including phenoxy) is 1. The van der Waals surface area contributed by atoms with Crippen molar-refractivity contribution in [3.63, 3.8) is 0 Å². The number of aromatic nitrogens is 2. The van der Waals surface area contributed by atoms with Gasteiger partial charge in [0.25, 0.3) is 0 Å². The van der Waals surface area contributed by atoms with Crippen LogP contribution in [0.5, 0.6) is 5.75 Å². The van der Waals surface area contributed by atoms with Gasteiger partial charge in [0.2, 0.25) is 5.95 Å². The molecule has 2 aromatic rings. The van der Waals surface area contributed by atoms with E-state index in [-0.39, 0.29) is 6.10 Å². The number of nitrogens with zero attached hydrogens (tertiary/aromatic N) is 2. The first-order valence-electron chi connectivity index (χ1n) is 6.78. The Bertz CT molecular complexity index is 552. The van der Waals surface area contributed by atoms with Crippen molar-refractivity contribution < 1.29 is 4.74 Å². The van der Waals surface area contributed by atoms with Crippen molar-refractivity contribution in [1.29, 1.82) is 0 Å². The van der Waals surface area contributed by atoms with Crippen molar-refractivity contribution in [3.05, 3.63) is 41.7 Å². The summed E-state index contributed by atoms with van der Waals surface area (Å²) >= 11 is 0. The molecule has 1 N–H and O–H groups in total. The van der Waals surface area contributed by atoms with Gasteiger partial charge in [-0.1, -0.05) is 18.2 Å². The van der Waals surface area contributed by atoms with E-state index in [4.69, 9.17) is 4.74 Å². The van der Waals surface area contributed by atoms with E-state index in [1.165, 1.54) is 5.56 Å². The third-order valence-corrected chi connectivity index (χ3v) is 3.44. The minimum atomic E-state index is 0.194. The average molecular weight is 257 g/mol. The van der Waals surface area contributed by atoms with Crippen LogP contribution in [0, 0.1) is 6.92 Å². The third kappa shape index (κ3) is 2.43. The maximum Gasteiger partial charge on any atom is 0.203 e. The zero-order chi connectivity index (χ0) is 13.2. The zero-order valence-corrected chi connectivity index (χ0v) is 11.4. The number of aryl methyl sites for hydroxylation is 2. The minimum absolute atomic E-state index is 0.194. The zero-order valence-electron chi connectivity index (χ0n) is 11.4. The van der Waals surface area contributed by atoms with Crippen LogP contribution >= 0.6 is 0 Å². The SMILES string of the molecule is CCn1cc(C)nc1NCC1Cc2ccccc2O1. The summed E-state index contributed by atoms with van der Waals surface area (Å²) in [6, 6.07) is 8.24. The fourth-order valence-electron chi connectivity index (χ4n) is 2.50. The molecule has 0 saturated carbocycles. The molecule has 2 heterocycles. The van der Waals surface area contributed by atoms with Crippen molar-refractivity contribution in [3.8, 4) is 5.75 Å². The van der Waals surface area contributed by atoms with Gasteiger partial charge in [-0.2, -0.15) is 0 Å². The second kappa shape index (κ2) is 4.96. The lowest BCUT2D eigenvalue weighted by Crippen LogP contribution is -2.25. The van der Waals surface area contributed by atoms with Crippen LogP contribution in [0.3, 0.4) is 0 Å². The largest absolute Gasteiger partial charge is 0.488 e. The van der Waals surface area contributed by atoms with Gasteiger partial charge in [-0.3, -0.25) is 0 Å². The van der Waals surface area contributed by atoms with Gasteiger partial charge in [-0.25, -0.2) is 4.98 Å². The summed E-state index contributed by atoms with van der Waals surface area (Å²) < 4.78 is 8.03. The molecule has 0 radical (unpaired) electrons. The van der Waals surface area contributed by atoms with Crippen LogP contribution in [0.1, 0.15) is 18.2 Å². The van der Waals surface area contributed by atoms with Crippen LogP contribution < -0.4 is 10.1 Å². The molecule has 1 aliphatic heterocycles. The molecule has 19 heavy (non-hydrogen) atoms. The molecule has 0 saturated heterocycles. The summed E-state index contributed by atoms with van der Waals surface area (Å²) in [6.45, 7) is 5.84. The number of nitrogens with one attached hydrogen (secondary N) is 1. The molecule has 0 spiro atoms. The second-order valence-corrected chi connectivity index (χ2v) is 4.92. The van der Waals surface area contributed by atoms with Gasteiger partial charge in [0, 0.05) is 19.2 Å². The second-order valence-electron chi connectivity index (χ2n) is 4.92. The Labute approximate surface area is 113 Å². The Morgan fingerprint density at radius 3 is 3.05 bits per heavy atom. The van der Waals surface area contributed by atoms with Crippen LogP contribution in [-0.2, 0) is 13.0 Å². The summed E-state index contributed by atoms with van der Waals surface area (Å²) in [7, 11) is 0. The van der Waals surface area contributed by atoms with Gasteiger partial charge < -0.3 is 14.6 Å². The van der Waals surface area contributed by atoms with Crippen LogP contribution in [0.25, 0.3) is 0 Å². The molecule has 100 valence electrons. The quantitative estimate of drug-likeness (QED) is 0.915. The fraction of sp³-hybridized carbons (Fsp3) is 0.400. The van der Waals surface area contributed by atoms with E-state index in [1.807, 2.05) is 19.1 Å². The molecule has 0 fully saturated rings. The van der Waals surface area contributed by atoms with Crippen LogP contribution in [0.4, 0.5) is 5.95 Å². The predicted octanol–water partition coefficient (Wildman–Crippen LogP) is 2.63. The van der Waals surface area contributed by atoms with Gasteiger partial charge in [-0.05, 0) is 25.5 Å². The summed E-state index contributed by atoms with van der Waals surface area (Å²) in [5.41, 5.74) is 2.34. The van der Waals surface area contributed by atoms with E-state index < -0.39 is 0 Å². The molecule has 1 aromatic carbocycles. The molecule has 1 aliphatic rings. The van der Waals surface area contributed by atoms with E-state index >= 15 is 0 Å². The molecule has 0 bridgehead atoms. The number of hydrogen-bond donors (Lipinski definition) is 1. The van der Waals surface area contributed by atoms with Crippen LogP contribution in [0.2, 0.25) is 0 Å². The molecular weight excluding hydrogens is 238 g/mol. The van der Waals surface area contributed by atoms with E-state index in [9.17, 15) is 0 Å². The first kappa shape index (κ1) is 12.1. The van der Waals surface area contributed by atoms with E-state index in [2.05, 4.69) is 40.1 Å². The lowest BCUT2D eigenvalue weighted by molar-refractivity contribution is 0.246. The molecule has 1 atom stereocenters. The molecule has 3 rings (SSSR count). The molecule has 4 nitrogen and oxygen atoms in total. The van der Waals surface area contributed by atoms with Crippen molar-refractivity contribution in [1.82, 2.24) is 9.55 Å². The first-order valence-corrected chi connectivity index (χ1v) is 6.78. The van der Waals surface area contributed by atoms with E-state index in [0.717, 1.165) is 36.9 Å². The number of imidazole rings is 1. The topological polar surface area (TPSA) is 39.1 Å². The molecule has 0 amide bonds. The van der Waals surface area contributed by atoms with Gasteiger partial charge in [0.1, 0.15) is 11.9 Å². The van der Waals surface area contributed by atoms with Crippen LogP contribution in [-0.4, -0.2) is 22.2 Å². The highest BCUT2D eigenvalue weighted by atomic mass is 16.5. The number of para-hydroxylation sites is 1. The van der Waals surface area contributed by atoms with Gasteiger partial charge >= 0.3 is 0 Å². The van der Waals surface area contributed by atoms with Crippen molar-refractivity contribution in [2.24, 2.45) is 0 Å². The summed E-state index contributed by atoms with van der Waals surface area (Å²) in [5, 5.41) is 3.39. The number of rotatable bonds is 4. The fourth-order valence-corrected chi connectivity index (χ4v) is 2.50.